The second-order valence-corrected chi connectivity index (χ2v) is 4.41. The van der Waals surface area contributed by atoms with Crippen molar-refractivity contribution in [3.05, 3.63) is 34.3 Å². The van der Waals surface area contributed by atoms with Crippen molar-refractivity contribution < 1.29 is 9.13 Å². The van der Waals surface area contributed by atoms with Crippen LogP contribution < -0.4 is 4.74 Å². The highest BCUT2D eigenvalue weighted by Gasteiger charge is 2.08. The third kappa shape index (κ3) is 2.51. The lowest BCUT2D eigenvalue weighted by Gasteiger charge is -2.02. The van der Waals surface area contributed by atoms with Crippen LogP contribution in [-0.4, -0.2) is 9.36 Å². The van der Waals surface area contributed by atoms with Gasteiger partial charge in [-0.1, -0.05) is 15.9 Å². The minimum atomic E-state index is -0.425. The van der Waals surface area contributed by atoms with Crippen LogP contribution in [0, 0.1) is 12.7 Å². The summed E-state index contributed by atoms with van der Waals surface area (Å²) in [6.07, 6.45) is 0. The molecular formula is C9H6BrFN2OS. The molecule has 1 heterocycles. The van der Waals surface area contributed by atoms with Gasteiger partial charge in [-0.25, -0.2) is 4.39 Å². The maximum atomic E-state index is 13.3. The third-order valence-electron chi connectivity index (χ3n) is 1.60. The number of hydrogen-bond donors (Lipinski definition) is 0. The van der Waals surface area contributed by atoms with Gasteiger partial charge in [-0.3, -0.25) is 0 Å². The third-order valence-corrected chi connectivity index (χ3v) is 2.78. The van der Waals surface area contributed by atoms with Gasteiger partial charge >= 0.3 is 0 Å². The minimum Gasteiger partial charge on any atom is -0.427 e. The van der Waals surface area contributed by atoms with Crippen LogP contribution in [0.3, 0.4) is 0 Å². The monoisotopic (exact) mass is 288 g/mol. The molecule has 1 aromatic heterocycles. The smallest absolute Gasteiger partial charge is 0.298 e. The molecule has 0 aliphatic rings. The molecule has 0 fully saturated rings. The fraction of sp³-hybridized carbons (Fsp3) is 0.111. The summed E-state index contributed by atoms with van der Waals surface area (Å²) >= 11 is 4.33. The molecule has 0 amide bonds. The average molecular weight is 289 g/mol. The zero-order chi connectivity index (χ0) is 10.8. The zero-order valence-corrected chi connectivity index (χ0v) is 10.1. The van der Waals surface area contributed by atoms with Gasteiger partial charge in [0.25, 0.3) is 5.19 Å². The Morgan fingerprint density at radius 3 is 2.93 bits per heavy atom. The molecule has 15 heavy (non-hydrogen) atoms. The lowest BCUT2D eigenvalue weighted by Crippen LogP contribution is -1.87. The van der Waals surface area contributed by atoms with Crippen LogP contribution in [0.25, 0.3) is 0 Å². The van der Waals surface area contributed by atoms with Gasteiger partial charge in [-0.05, 0) is 25.1 Å². The van der Waals surface area contributed by atoms with Gasteiger partial charge in [0.2, 0.25) is 0 Å². The maximum Gasteiger partial charge on any atom is 0.298 e. The van der Waals surface area contributed by atoms with Gasteiger partial charge in [-0.2, -0.15) is 9.36 Å². The van der Waals surface area contributed by atoms with Crippen LogP contribution in [0.5, 0.6) is 10.9 Å². The molecule has 78 valence electrons. The summed E-state index contributed by atoms with van der Waals surface area (Å²) in [5, 5.41) is 0.338. The summed E-state index contributed by atoms with van der Waals surface area (Å²) in [5.41, 5.74) is 0. The summed E-state index contributed by atoms with van der Waals surface area (Å²) in [5.74, 6) is 0.331. The van der Waals surface area contributed by atoms with Gasteiger partial charge < -0.3 is 4.74 Å². The molecule has 0 aliphatic carbocycles. The van der Waals surface area contributed by atoms with Gasteiger partial charge in [0.05, 0.1) is 0 Å². The Morgan fingerprint density at radius 1 is 1.47 bits per heavy atom. The molecule has 2 aromatic rings. The van der Waals surface area contributed by atoms with Crippen molar-refractivity contribution in [1.29, 1.82) is 0 Å². The molecule has 0 unspecified atom stereocenters. The fourth-order valence-corrected chi connectivity index (χ4v) is 1.86. The Bertz CT molecular complexity index is 489. The van der Waals surface area contributed by atoms with Gasteiger partial charge in [-0.15, -0.1) is 0 Å². The van der Waals surface area contributed by atoms with Crippen molar-refractivity contribution >= 4 is 27.5 Å². The number of rotatable bonds is 2. The van der Waals surface area contributed by atoms with Crippen molar-refractivity contribution in [3.8, 4) is 10.9 Å². The number of halogens is 2. The zero-order valence-electron chi connectivity index (χ0n) is 7.70. The number of nitrogens with zero attached hydrogens (tertiary/aromatic N) is 2. The van der Waals surface area contributed by atoms with Crippen LogP contribution in [0.1, 0.15) is 5.82 Å². The highest BCUT2D eigenvalue weighted by Crippen LogP contribution is 2.28. The van der Waals surface area contributed by atoms with E-state index in [0.29, 0.717) is 11.0 Å². The molecule has 2 rings (SSSR count). The van der Waals surface area contributed by atoms with Crippen molar-refractivity contribution in [2.75, 3.05) is 0 Å². The van der Waals surface area contributed by atoms with Crippen molar-refractivity contribution in [2.24, 2.45) is 0 Å². The minimum absolute atomic E-state index is 0.139. The second kappa shape index (κ2) is 4.24. The predicted molar refractivity (Wildman–Crippen MR) is 58.8 cm³/mol. The first-order valence-electron chi connectivity index (χ1n) is 4.08. The van der Waals surface area contributed by atoms with Crippen LogP contribution in [-0.2, 0) is 0 Å². The van der Waals surface area contributed by atoms with E-state index in [0.717, 1.165) is 16.0 Å². The molecular weight excluding hydrogens is 283 g/mol. The van der Waals surface area contributed by atoms with E-state index < -0.39 is 5.82 Å². The molecule has 0 radical (unpaired) electrons. The van der Waals surface area contributed by atoms with Crippen LogP contribution in [0.15, 0.2) is 22.7 Å². The Morgan fingerprint density at radius 2 is 2.27 bits per heavy atom. The summed E-state index contributed by atoms with van der Waals surface area (Å²) < 4.78 is 23.2. The van der Waals surface area contributed by atoms with Crippen molar-refractivity contribution in [2.45, 2.75) is 6.92 Å². The molecule has 3 nitrogen and oxygen atoms in total. The van der Waals surface area contributed by atoms with Crippen LogP contribution in [0.4, 0.5) is 4.39 Å². The normalized spacial score (nSPS) is 10.3. The van der Waals surface area contributed by atoms with E-state index in [2.05, 4.69) is 25.3 Å². The predicted octanol–water partition coefficient (Wildman–Crippen LogP) is 3.54. The van der Waals surface area contributed by atoms with E-state index in [1.807, 2.05) is 0 Å². The summed E-state index contributed by atoms with van der Waals surface area (Å²) in [7, 11) is 0. The van der Waals surface area contributed by atoms with E-state index in [-0.39, 0.29) is 5.75 Å². The lowest BCUT2D eigenvalue weighted by molar-refractivity contribution is 0.438. The van der Waals surface area contributed by atoms with Crippen LogP contribution >= 0.6 is 27.5 Å². The van der Waals surface area contributed by atoms with Crippen molar-refractivity contribution in [1.82, 2.24) is 9.36 Å². The van der Waals surface area contributed by atoms with E-state index in [9.17, 15) is 4.39 Å². The maximum absolute atomic E-state index is 13.3. The van der Waals surface area contributed by atoms with E-state index >= 15 is 0 Å². The van der Waals surface area contributed by atoms with E-state index in [1.165, 1.54) is 6.07 Å². The molecule has 0 bridgehead atoms. The Labute approximate surface area is 98.2 Å². The Hall–Kier alpha value is -1.01. The molecule has 0 aliphatic heterocycles. The molecule has 0 spiro atoms. The molecule has 0 atom stereocenters. The summed E-state index contributed by atoms with van der Waals surface area (Å²) in [6.45, 7) is 1.75. The number of ether oxygens (including phenoxy) is 1. The SMILES string of the molecule is Cc1nsc(Oc2cc(Br)ccc2F)n1. The van der Waals surface area contributed by atoms with Gasteiger partial charge in [0, 0.05) is 16.0 Å². The first kappa shape index (κ1) is 10.5. The average Bonchev–Trinajstić information content (AvgIpc) is 2.58. The molecule has 0 N–H and O–H groups in total. The van der Waals surface area contributed by atoms with Crippen LogP contribution in [0.2, 0.25) is 0 Å². The molecule has 0 saturated heterocycles. The number of hydrogen-bond acceptors (Lipinski definition) is 4. The molecule has 1 aromatic carbocycles. The number of aromatic nitrogens is 2. The quantitative estimate of drug-likeness (QED) is 0.848. The van der Waals surface area contributed by atoms with E-state index in [4.69, 9.17) is 4.74 Å². The fourth-order valence-electron chi connectivity index (χ4n) is 0.969. The summed E-state index contributed by atoms with van der Waals surface area (Å²) in [6, 6.07) is 4.48. The Kier molecular flexibility index (Phi) is 2.97. The summed E-state index contributed by atoms with van der Waals surface area (Å²) in [4.78, 5) is 3.98. The topological polar surface area (TPSA) is 35.0 Å². The molecule has 0 saturated carbocycles. The highest BCUT2D eigenvalue weighted by atomic mass is 79.9. The number of aryl methyl sites for hydroxylation is 1. The lowest BCUT2D eigenvalue weighted by atomic mass is 10.3. The highest BCUT2D eigenvalue weighted by molar-refractivity contribution is 9.10. The van der Waals surface area contributed by atoms with Gasteiger partial charge in [0.15, 0.2) is 11.6 Å². The van der Waals surface area contributed by atoms with E-state index in [1.54, 1.807) is 19.1 Å². The first-order chi connectivity index (χ1) is 7.15. The second-order valence-electron chi connectivity index (χ2n) is 2.78. The molecule has 6 heteroatoms. The number of benzene rings is 1. The first-order valence-corrected chi connectivity index (χ1v) is 5.65. The Balaban J connectivity index is 2.27. The largest absolute Gasteiger partial charge is 0.427 e. The van der Waals surface area contributed by atoms with Gasteiger partial charge in [0.1, 0.15) is 5.82 Å². The standard InChI is InChI=1S/C9H6BrFN2OS/c1-5-12-9(15-13-5)14-8-4-6(10)2-3-7(8)11/h2-4H,1H3. The van der Waals surface area contributed by atoms with Crippen molar-refractivity contribution in [3.63, 3.8) is 0 Å².